The molecule has 238 valence electrons. The molecule has 0 saturated heterocycles. The Bertz CT molecular complexity index is 1600. The van der Waals surface area contributed by atoms with Gasteiger partial charge in [-0.2, -0.15) is 26.3 Å². The Hall–Kier alpha value is -4.18. The highest BCUT2D eigenvalue weighted by molar-refractivity contribution is 6.30. The van der Waals surface area contributed by atoms with E-state index >= 15 is 0 Å². The molecule has 3 aromatic rings. The molecule has 0 aliphatic rings. The minimum absolute atomic E-state index is 0.101. The van der Waals surface area contributed by atoms with Gasteiger partial charge >= 0.3 is 24.0 Å². The van der Waals surface area contributed by atoms with Crippen molar-refractivity contribution in [3.8, 4) is 11.4 Å². The highest BCUT2D eigenvalue weighted by Gasteiger charge is 2.40. The van der Waals surface area contributed by atoms with E-state index in [1.165, 1.54) is 24.3 Å². The van der Waals surface area contributed by atoms with Crippen molar-refractivity contribution in [2.24, 2.45) is 0 Å². The number of alkyl halides is 6. The molecule has 2 aromatic carbocycles. The lowest BCUT2D eigenvalue weighted by molar-refractivity contribution is -0.207. The van der Waals surface area contributed by atoms with Crippen LogP contribution < -0.4 is 11.0 Å². The molecule has 1 amide bonds. The molecule has 2 atom stereocenters. The minimum Gasteiger partial charge on any atom is -0.480 e. The van der Waals surface area contributed by atoms with Gasteiger partial charge in [0.2, 0.25) is 5.91 Å². The number of amides is 1. The number of aliphatic carboxylic acids is 1. The van der Waals surface area contributed by atoms with Gasteiger partial charge in [0.25, 0.3) is 0 Å². The Morgan fingerprint density at radius 3 is 2.18 bits per heavy atom. The molecule has 1 unspecified atom stereocenters. The van der Waals surface area contributed by atoms with Crippen LogP contribution in [0.2, 0.25) is 5.02 Å². The quantitative estimate of drug-likeness (QED) is 0.266. The molecule has 1 aromatic heterocycles. The monoisotopic (exact) mass is 650 g/mol. The van der Waals surface area contributed by atoms with Crippen LogP contribution in [0.5, 0.6) is 0 Å². The topological polar surface area (TPSA) is 144 Å². The lowest BCUT2D eigenvalue weighted by atomic mass is 9.90. The van der Waals surface area contributed by atoms with Crippen LogP contribution in [0.15, 0.2) is 53.3 Å². The standard InChI is InChI=1S/C27H25ClF6N4O6/c1-25(2,23(42)43)35-22(41)19(15-4-3-5-16(10-15)26(29,30)31)11-18(39)12-38-24(44)37(13-20(40)27(32,33)34)21(36-38)14-6-8-17(28)9-7-14/h3-10,19-20,40H,11-13H2,1-2H3,(H,35,41)(H,42,43)/t19?,20-/m0/s1. The number of halogens is 7. The maximum atomic E-state index is 13.4. The third-order valence-electron chi connectivity index (χ3n) is 6.42. The molecular weight excluding hydrogens is 626 g/mol. The van der Waals surface area contributed by atoms with E-state index in [1.807, 2.05) is 0 Å². The summed E-state index contributed by atoms with van der Waals surface area (Å²) in [7, 11) is 0. The number of carbonyl (C=O) groups excluding carboxylic acids is 2. The Morgan fingerprint density at radius 1 is 1.02 bits per heavy atom. The average molecular weight is 651 g/mol. The Labute approximate surface area is 249 Å². The van der Waals surface area contributed by atoms with E-state index in [-0.39, 0.29) is 22.0 Å². The summed E-state index contributed by atoms with van der Waals surface area (Å²) in [4.78, 5) is 50.9. The van der Waals surface area contributed by atoms with E-state index in [1.54, 1.807) is 0 Å². The van der Waals surface area contributed by atoms with Crippen molar-refractivity contribution in [1.29, 1.82) is 0 Å². The van der Waals surface area contributed by atoms with Crippen LogP contribution >= 0.6 is 11.6 Å². The molecule has 0 fully saturated rings. The second-order valence-corrected chi connectivity index (χ2v) is 10.7. The van der Waals surface area contributed by atoms with E-state index in [0.717, 1.165) is 32.0 Å². The SMILES string of the molecule is CC(C)(NC(=O)C(CC(=O)Cn1nc(-c2ccc(Cl)cc2)n(C[C@H](O)C(F)(F)F)c1=O)c1cccc(C(F)(F)F)c1)C(=O)O. The molecular formula is C27H25ClF6N4O6. The lowest BCUT2D eigenvalue weighted by Crippen LogP contribution is -2.51. The minimum atomic E-state index is -5.11. The number of carbonyl (C=O) groups is 3. The van der Waals surface area contributed by atoms with Crippen LogP contribution in [0.3, 0.4) is 0 Å². The third-order valence-corrected chi connectivity index (χ3v) is 6.67. The summed E-state index contributed by atoms with van der Waals surface area (Å²) in [5.74, 6) is -5.57. The second-order valence-electron chi connectivity index (χ2n) is 10.3. The number of carboxylic acid groups (broad SMARTS) is 1. The fourth-order valence-corrected chi connectivity index (χ4v) is 4.13. The molecule has 1 heterocycles. The molecule has 0 aliphatic carbocycles. The van der Waals surface area contributed by atoms with Crippen molar-refractivity contribution < 1.29 is 50.9 Å². The number of aliphatic hydroxyl groups is 1. The third kappa shape index (κ3) is 8.25. The number of hydrogen-bond donors (Lipinski definition) is 3. The smallest absolute Gasteiger partial charge is 0.416 e. The molecule has 3 N–H and O–H groups in total. The number of benzene rings is 2. The first-order chi connectivity index (χ1) is 20.2. The van der Waals surface area contributed by atoms with E-state index < -0.39 is 78.3 Å². The Morgan fingerprint density at radius 2 is 1.64 bits per heavy atom. The number of hydrogen-bond acceptors (Lipinski definition) is 6. The molecule has 0 saturated carbocycles. The van der Waals surface area contributed by atoms with Gasteiger partial charge in [-0.15, -0.1) is 5.10 Å². The molecule has 3 rings (SSSR count). The maximum absolute atomic E-state index is 13.4. The van der Waals surface area contributed by atoms with Gasteiger partial charge in [-0.25, -0.2) is 14.3 Å². The number of carboxylic acids is 1. The van der Waals surface area contributed by atoms with Gasteiger partial charge in [-0.3, -0.25) is 14.2 Å². The summed E-state index contributed by atoms with van der Waals surface area (Å²) < 4.78 is 80.4. The van der Waals surface area contributed by atoms with Crippen LogP contribution in [-0.2, 0) is 33.6 Å². The van der Waals surface area contributed by atoms with E-state index in [9.17, 15) is 55.7 Å². The van der Waals surface area contributed by atoms with E-state index in [4.69, 9.17) is 11.6 Å². The first-order valence-corrected chi connectivity index (χ1v) is 13.0. The summed E-state index contributed by atoms with van der Waals surface area (Å²) >= 11 is 5.85. The second kappa shape index (κ2) is 12.8. The van der Waals surface area contributed by atoms with Crippen molar-refractivity contribution in [2.75, 3.05) is 0 Å². The predicted octanol–water partition coefficient (Wildman–Crippen LogP) is 4.03. The molecule has 0 radical (unpaired) electrons. The highest BCUT2D eigenvalue weighted by Crippen LogP contribution is 2.32. The van der Waals surface area contributed by atoms with Crippen molar-refractivity contribution in [1.82, 2.24) is 19.7 Å². The van der Waals surface area contributed by atoms with Gasteiger partial charge in [0, 0.05) is 17.0 Å². The van der Waals surface area contributed by atoms with Gasteiger partial charge < -0.3 is 15.5 Å². The predicted molar refractivity (Wildman–Crippen MR) is 143 cm³/mol. The largest absolute Gasteiger partial charge is 0.480 e. The molecule has 0 spiro atoms. The van der Waals surface area contributed by atoms with E-state index in [0.29, 0.717) is 15.3 Å². The van der Waals surface area contributed by atoms with Gasteiger partial charge in [0.1, 0.15) is 12.1 Å². The molecule has 10 nitrogen and oxygen atoms in total. The number of aromatic nitrogens is 3. The fourth-order valence-electron chi connectivity index (χ4n) is 4.00. The van der Waals surface area contributed by atoms with Crippen molar-refractivity contribution in [3.63, 3.8) is 0 Å². The maximum Gasteiger partial charge on any atom is 0.416 e. The zero-order valence-electron chi connectivity index (χ0n) is 22.9. The van der Waals surface area contributed by atoms with Crippen molar-refractivity contribution in [3.05, 3.63) is 75.2 Å². The van der Waals surface area contributed by atoms with Crippen LogP contribution in [-0.4, -0.2) is 60.0 Å². The lowest BCUT2D eigenvalue weighted by Gasteiger charge is -2.25. The Kier molecular flexibility index (Phi) is 9.99. The molecule has 0 bridgehead atoms. The normalized spacial score (nSPS) is 13.8. The summed E-state index contributed by atoms with van der Waals surface area (Å²) in [5, 5.41) is 25.3. The van der Waals surface area contributed by atoms with E-state index in [2.05, 4.69) is 10.4 Å². The van der Waals surface area contributed by atoms with Crippen LogP contribution in [0.4, 0.5) is 26.3 Å². The molecule has 17 heteroatoms. The number of Topliss-reactive ketones (excluding diaryl/α,β-unsaturated/α-hetero) is 1. The number of rotatable bonds is 11. The van der Waals surface area contributed by atoms with Crippen LogP contribution in [0, 0.1) is 0 Å². The van der Waals surface area contributed by atoms with Crippen molar-refractivity contribution in [2.45, 2.75) is 63.3 Å². The van der Waals surface area contributed by atoms with Gasteiger partial charge in [0.05, 0.1) is 18.0 Å². The van der Waals surface area contributed by atoms with Gasteiger partial charge in [0.15, 0.2) is 17.7 Å². The Balaban J connectivity index is 2.01. The fraction of sp³-hybridized carbons (Fsp3) is 0.370. The van der Waals surface area contributed by atoms with Crippen molar-refractivity contribution >= 4 is 29.3 Å². The van der Waals surface area contributed by atoms with Crippen LogP contribution in [0.1, 0.15) is 37.3 Å². The summed E-state index contributed by atoms with van der Waals surface area (Å²) in [6.07, 6.45) is -13.8. The van der Waals surface area contributed by atoms with Gasteiger partial charge in [-0.1, -0.05) is 29.8 Å². The summed E-state index contributed by atoms with van der Waals surface area (Å²) in [5.41, 5.74) is -4.46. The number of ketones is 1. The van der Waals surface area contributed by atoms with Gasteiger partial charge in [-0.05, 0) is 49.7 Å². The zero-order chi connectivity index (χ0) is 33.2. The first-order valence-electron chi connectivity index (χ1n) is 12.6. The summed E-state index contributed by atoms with van der Waals surface area (Å²) in [6.45, 7) is 0.00382. The average Bonchev–Trinajstić information content (AvgIpc) is 3.20. The summed E-state index contributed by atoms with van der Waals surface area (Å²) in [6, 6.07) is 8.81. The van der Waals surface area contributed by atoms with Crippen LogP contribution in [0.25, 0.3) is 11.4 Å². The number of nitrogens with one attached hydrogen (secondary N) is 1. The first kappa shape index (κ1) is 34.3. The molecule has 0 aliphatic heterocycles. The number of aliphatic hydroxyl groups excluding tert-OH is 1. The zero-order valence-corrected chi connectivity index (χ0v) is 23.7. The number of nitrogens with zero attached hydrogens (tertiary/aromatic N) is 3. The molecule has 44 heavy (non-hydrogen) atoms. The highest BCUT2D eigenvalue weighted by atomic mass is 35.5.